The van der Waals surface area contributed by atoms with Crippen LogP contribution in [0.1, 0.15) is 30.0 Å². The normalized spacial score (nSPS) is 15.7. The van der Waals surface area contributed by atoms with E-state index in [-0.39, 0.29) is 36.3 Å². The van der Waals surface area contributed by atoms with Gasteiger partial charge in [0.15, 0.2) is 0 Å². The lowest BCUT2D eigenvalue weighted by Crippen LogP contribution is -2.35. The number of hydrogen-bond donors (Lipinski definition) is 2. The van der Waals surface area contributed by atoms with E-state index < -0.39 is 17.3 Å². The molecule has 0 radical (unpaired) electrons. The molecule has 210 valence electrons. The van der Waals surface area contributed by atoms with Crippen LogP contribution in [0.15, 0.2) is 53.5 Å². The van der Waals surface area contributed by atoms with Crippen molar-refractivity contribution in [3.63, 3.8) is 0 Å². The van der Waals surface area contributed by atoms with Gasteiger partial charge in [-0.2, -0.15) is 23.0 Å². The lowest BCUT2D eigenvalue weighted by atomic mass is 10.0. The molecule has 5 rings (SSSR count). The average Bonchev–Trinajstić information content (AvgIpc) is 3.50. The third-order valence-corrected chi connectivity index (χ3v) is 7.13. The van der Waals surface area contributed by atoms with E-state index in [0.29, 0.717) is 41.8 Å². The Morgan fingerprint density at radius 2 is 1.85 bits per heavy atom. The fourth-order valence-corrected chi connectivity index (χ4v) is 5.52. The van der Waals surface area contributed by atoms with Crippen molar-refractivity contribution in [1.82, 2.24) is 19.7 Å². The van der Waals surface area contributed by atoms with E-state index >= 15 is 0 Å². The zero-order valence-corrected chi connectivity index (χ0v) is 22.4. The summed E-state index contributed by atoms with van der Waals surface area (Å²) in [6, 6.07) is 11.0. The molecule has 1 amide bonds. The molecule has 1 atom stereocenters. The molecule has 4 aromatic rings. The first-order valence-electron chi connectivity index (χ1n) is 13.0. The molecule has 0 unspecified atom stereocenters. The summed E-state index contributed by atoms with van der Waals surface area (Å²) in [4.78, 5) is 27.2. The number of anilines is 1. The predicted octanol–water partition coefficient (Wildman–Crippen LogP) is 4.20. The second kappa shape index (κ2) is 10.5. The van der Waals surface area contributed by atoms with Gasteiger partial charge in [-0.15, -0.1) is 0 Å². The number of aliphatic hydroxyl groups excluding tert-OH is 1. The van der Waals surface area contributed by atoms with Crippen molar-refractivity contribution < 1.29 is 23.1 Å². The summed E-state index contributed by atoms with van der Waals surface area (Å²) in [5.41, 5.74) is 1.46. The van der Waals surface area contributed by atoms with Gasteiger partial charge < -0.3 is 19.9 Å². The van der Waals surface area contributed by atoms with Crippen molar-refractivity contribution in [1.29, 1.82) is 0 Å². The Morgan fingerprint density at radius 1 is 1.12 bits per heavy atom. The highest BCUT2D eigenvalue weighted by atomic mass is 19.4. The minimum atomic E-state index is -4.75. The van der Waals surface area contributed by atoms with Crippen molar-refractivity contribution >= 4 is 22.5 Å². The Labute approximate surface area is 228 Å². The summed E-state index contributed by atoms with van der Waals surface area (Å²) in [5.74, 6) is -0.172. The van der Waals surface area contributed by atoms with E-state index in [0.717, 1.165) is 21.9 Å². The molecule has 3 heterocycles. The van der Waals surface area contributed by atoms with Gasteiger partial charge in [0, 0.05) is 55.4 Å². The van der Waals surface area contributed by atoms with Crippen LogP contribution in [0.2, 0.25) is 0 Å². The van der Waals surface area contributed by atoms with Crippen LogP contribution in [0.5, 0.6) is 0 Å². The van der Waals surface area contributed by atoms with Gasteiger partial charge >= 0.3 is 6.18 Å². The molecule has 1 aliphatic rings. The van der Waals surface area contributed by atoms with Crippen molar-refractivity contribution in [3.05, 3.63) is 75.7 Å². The first kappa shape index (κ1) is 27.4. The number of alkyl halides is 3. The number of fused-ring (bicyclic) bond motifs is 1. The second-order valence-electron chi connectivity index (χ2n) is 10.3. The van der Waals surface area contributed by atoms with Crippen LogP contribution in [-0.4, -0.2) is 51.1 Å². The molecule has 11 heteroatoms. The monoisotopic (exact) mass is 553 g/mol. The molecule has 1 saturated heterocycles. The molecule has 2 aromatic carbocycles. The minimum Gasteiger partial charge on any atom is -0.395 e. The van der Waals surface area contributed by atoms with Gasteiger partial charge in [-0.1, -0.05) is 17.2 Å². The predicted molar refractivity (Wildman–Crippen MR) is 147 cm³/mol. The fraction of sp³-hybridized carbons (Fsp3) is 0.345. The number of aryl methyl sites for hydroxylation is 2. The molecule has 0 spiro atoms. The van der Waals surface area contributed by atoms with Crippen LogP contribution in [0.4, 0.5) is 18.9 Å². The maximum absolute atomic E-state index is 14.3. The maximum Gasteiger partial charge on any atom is 0.418 e. The Hall–Kier alpha value is -4.12. The first-order chi connectivity index (χ1) is 19.0. The van der Waals surface area contributed by atoms with Crippen molar-refractivity contribution in [2.75, 3.05) is 24.6 Å². The number of aromatic nitrogens is 3. The molecule has 8 nitrogen and oxygen atoms in total. The molecule has 40 heavy (non-hydrogen) atoms. The largest absolute Gasteiger partial charge is 0.418 e. The zero-order chi connectivity index (χ0) is 28.8. The third kappa shape index (κ3) is 5.21. The van der Waals surface area contributed by atoms with E-state index in [2.05, 4.69) is 10.4 Å². The van der Waals surface area contributed by atoms with Gasteiger partial charge in [0.25, 0.3) is 5.56 Å². The number of halogens is 3. The second-order valence-corrected chi connectivity index (χ2v) is 10.3. The average molecular weight is 554 g/mol. The number of nitrogens with zero attached hydrogens (tertiary/aromatic N) is 4. The molecule has 2 aromatic heterocycles. The van der Waals surface area contributed by atoms with Crippen LogP contribution < -0.4 is 15.8 Å². The van der Waals surface area contributed by atoms with Gasteiger partial charge in [-0.05, 0) is 56.7 Å². The molecule has 2 N–H and O–H groups in total. The van der Waals surface area contributed by atoms with Gasteiger partial charge in [0.2, 0.25) is 5.91 Å². The summed E-state index contributed by atoms with van der Waals surface area (Å²) in [7, 11) is 0. The van der Waals surface area contributed by atoms with Crippen LogP contribution in [-0.2, 0) is 17.5 Å². The van der Waals surface area contributed by atoms with E-state index in [1.165, 1.54) is 23.6 Å². The number of hydrogen-bond acceptors (Lipinski definition) is 5. The molecule has 1 fully saturated rings. The van der Waals surface area contributed by atoms with Crippen LogP contribution in [0, 0.1) is 13.8 Å². The lowest BCUT2D eigenvalue weighted by Gasteiger charge is -2.22. The Bertz CT molecular complexity index is 1640. The van der Waals surface area contributed by atoms with Crippen molar-refractivity contribution in [3.8, 4) is 16.9 Å². The SMILES string of the molecule is CC(=O)N[C@@H]1CCN(c2ccc(C(F)(F)F)c(-n3nc(-c4cc(C)cc(C)c4)c4ccn(CCO)c4c3=O)c2)C1. The number of aliphatic hydroxyl groups is 1. The molecular weight excluding hydrogens is 523 g/mol. The maximum atomic E-state index is 14.3. The number of benzene rings is 2. The van der Waals surface area contributed by atoms with Crippen molar-refractivity contribution in [2.24, 2.45) is 0 Å². The van der Waals surface area contributed by atoms with Crippen LogP contribution >= 0.6 is 0 Å². The molecule has 0 saturated carbocycles. The van der Waals surface area contributed by atoms with Gasteiger partial charge in [-0.25, -0.2) is 0 Å². The molecular formula is C29H30F3N5O3. The topological polar surface area (TPSA) is 92.4 Å². The highest BCUT2D eigenvalue weighted by Gasteiger charge is 2.36. The number of rotatable bonds is 6. The Balaban J connectivity index is 1.75. The fourth-order valence-electron chi connectivity index (χ4n) is 5.52. The van der Waals surface area contributed by atoms with Crippen LogP contribution in [0.3, 0.4) is 0 Å². The first-order valence-corrected chi connectivity index (χ1v) is 13.0. The quantitative estimate of drug-likeness (QED) is 0.374. The van der Waals surface area contributed by atoms with Crippen LogP contribution in [0.25, 0.3) is 27.8 Å². The van der Waals surface area contributed by atoms with Crippen molar-refractivity contribution in [2.45, 2.75) is 46.0 Å². The van der Waals surface area contributed by atoms with E-state index in [9.17, 15) is 27.9 Å². The van der Waals surface area contributed by atoms with E-state index in [1.807, 2.05) is 36.9 Å². The minimum absolute atomic E-state index is 0.0967. The third-order valence-electron chi connectivity index (χ3n) is 7.13. The van der Waals surface area contributed by atoms with E-state index in [4.69, 9.17) is 0 Å². The molecule has 1 aliphatic heterocycles. The van der Waals surface area contributed by atoms with Gasteiger partial charge in [0.05, 0.1) is 17.9 Å². The summed E-state index contributed by atoms with van der Waals surface area (Å²) in [5, 5.41) is 17.5. The number of carbonyl (C=O) groups excluding carboxylic acids is 1. The smallest absolute Gasteiger partial charge is 0.395 e. The number of carbonyl (C=O) groups is 1. The molecule has 0 aliphatic carbocycles. The highest BCUT2D eigenvalue weighted by Crippen LogP contribution is 2.37. The number of amides is 1. The summed E-state index contributed by atoms with van der Waals surface area (Å²) in [6.45, 7) is 6.06. The number of nitrogens with one attached hydrogen (secondary N) is 1. The highest BCUT2D eigenvalue weighted by molar-refractivity contribution is 5.93. The summed E-state index contributed by atoms with van der Waals surface area (Å²) < 4.78 is 45.3. The van der Waals surface area contributed by atoms with Gasteiger partial charge in [0.1, 0.15) is 11.2 Å². The zero-order valence-electron chi connectivity index (χ0n) is 22.4. The van der Waals surface area contributed by atoms with E-state index in [1.54, 1.807) is 12.3 Å². The van der Waals surface area contributed by atoms with Gasteiger partial charge in [-0.3, -0.25) is 9.59 Å². The lowest BCUT2D eigenvalue weighted by molar-refractivity contribution is -0.137. The Morgan fingerprint density at radius 3 is 2.50 bits per heavy atom. The summed E-state index contributed by atoms with van der Waals surface area (Å²) >= 11 is 0. The summed E-state index contributed by atoms with van der Waals surface area (Å²) in [6.07, 6.45) is -2.47. The standard InChI is InChI=1S/C29H30F3N5O3/c1-17-12-18(2)14-20(13-17)26-23-7-9-35(10-11-38)27(23)28(40)37(34-26)25-15-22(4-5-24(25)29(30,31)32)36-8-6-21(16-36)33-19(3)39/h4-5,7,9,12-15,21,38H,6,8,10-11,16H2,1-3H3,(H,33,39)/t21-/m1/s1. The molecule has 0 bridgehead atoms. The Kier molecular flexibility index (Phi) is 7.17.